The maximum absolute atomic E-state index is 6.64. The van der Waals surface area contributed by atoms with Gasteiger partial charge < -0.3 is 19.1 Å². The van der Waals surface area contributed by atoms with E-state index in [1.54, 1.807) is 14.2 Å². The van der Waals surface area contributed by atoms with Gasteiger partial charge in [0.15, 0.2) is 11.5 Å². The van der Waals surface area contributed by atoms with Crippen LogP contribution in [-0.2, 0) is 17.8 Å². The molecule has 0 saturated heterocycles. The molecule has 0 amide bonds. The first-order chi connectivity index (χ1) is 17.0. The van der Waals surface area contributed by atoms with Gasteiger partial charge in [0, 0.05) is 35.3 Å². The number of rotatable bonds is 5. The van der Waals surface area contributed by atoms with Gasteiger partial charge in [-0.2, -0.15) is 0 Å². The molecule has 36 heavy (non-hydrogen) atoms. The van der Waals surface area contributed by atoms with Crippen molar-refractivity contribution < 1.29 is 14.2 Å². The highest BCUT2D eigenvalue weighted by atomic mass is 16.5. The molecule has 2 aliphatic heterocycles. The highest BCUT2D eigenvalue weighted by Crippen LogP contribution is 2.57. The Hall–Kier alpha value is -3.14. The van der Waals surface area contributed by atoms with Gasteiger partial charge in [-0.1, -0.05) is 52.0 Å². The van der Waals surface area contributed by atoms with E-state index in [2.05, 4.69) is 95.8 Å². The van der Waals surface area contributed by atoms with Gasteiger partial charge in [0.2, 0.25) is 0 Å². The van der Waals surface area contributed by atoms with Crippen LogP contribution in [0.5, 0.6) is 11.5 Å². The molecular formula is C32H39NO3. The van der Waals surface area contributed by atoms with E-state index in [4.69, 9.17) is 14.2 Å². The lowest BCUT2D eigenvalue weighted by Crippen LogP contribution is -2.33. The first kappa shape index (κ1) is 24.5. The maximum Gasteiger partial charge on any atom is 0.161 e. The van der Waals surface area contributed by atoms with Crippen LogP contribution >= 0.6 is 0 Å². The predicted molar refractivity (Wildman–Crippen MR) is 146 cm³/mol. The van der Waals surface area contributed by atoms with Crippen molar-refractivity contribution in [3.8, 4) is 11.5 Å². The number of methoxy groups -OCH3 is 2. The van der Waals surface area contributed by atoms with E-state index in [-0.39, 0.29) is 5.41 Å². The zero-order valence-electron chi connectivity index (χ0n) is 23.2. The first-order valence-electron chi connectivity index (χ1n) is 12.9. The normalized spacial score (nSPS) is 19.8. The van der Waals surface area contributed by atoms with Crippen LogP contribution in [-0.4, -0.2) is 24.7 Å². The SMILES string of the molecule is COc1cc2c(cc1OC)CN(C1=C(C)C=C3OC(C)(C)C(c4ccc(C(C)C)cc4)=C3C1(C)C)C2. The number of benzene rings is 2. The molecule has 0 radical (unpaired) electrons. The quantitative estimate of drug-likeness (QED) is 0.436. The fraction of sp³-hybridized carbons (Fsp3) is 0.438. The number of allylic oxidation sites excluding steroid dienone is 4. The van der Waals surface area contributed by atoms with Gasteiger partial charge in [-0.3, -0.25) is 0 Å². The summed E-state index contributed by atoms with van der Waals surface area (Å²) in [5.74, 6) is 3.09. The molecule has 3 aliphatic rings. The molecule has 0 aromatic heterocycles. The van der Waals surface area contributed by atoms with Crippen LogP contribution in [0, 0.1) is 5.41 Å². The molecule has 0 saturated carbocycles. The van der Waals surface area contributed by atoms with E-state index in [0.717, 1.165) is 30.3 Å². The Kier molecular flexibility index (Phi) is 5.77. The smallest absolute Gasteiger partial charge is 0.161 e. The van der Waals surface area contributed by atoms with Gasteiger partial charge in [-0.25, -0.2) is 0 Å². The lowest BCUT2D eigenvalue weighted by molar-refractivity contribution is 0.106. The summed E-state index contributed by atoms with van der Waals surface area (Å²) in [5.41, 5.74) is 9.78. The van der Waals surface area contributed by atoms with Crippen molar-refractivity contribution in [3.63, 3.8) is 0 Å². The Labute approximate surface area is 216 Å². The lowest BCUT2D eigenvalue weighted by Gasteiger charge is -2.40. The number of nitrogens with zero attached hydrogens (tertiary/aromatic N) is 1. The molecule has 0 unspecified atom stereocenters. The molecule has 0 fully saturated rings. The molecule has 4 heteroatoms. The van der Waals surface area contributed by atoms with Crippen LogP contribution in [0.15, 0.2) is 65.1 Å². The van der Waals surface area contributed by atoms with Crippen molar-refractivity contribution in [3.05, 3.63) is 87.3 Å². The highest BCUT2D eigenvalue weighted by molar-refractivity contribution is 5.83. The molecule has 190 valence electrons. The molecule has 0 atom stereocenters. The minimum Gasteiger partial charge on any atom is -0.493 e. The van der Waals surface area contributed by atoms with Crippen LogP contribution in [0.2, 0.25) is 0 Å². The second-order valence-corrected chi connectivity index (χ2v) is 11.6. The standard InChI is InChI=1S/C32H39NO3/c1-19(2)21-10-12-22(13-11-21)28-29-27(36-32(28,6)7)14-20(3)30(31(29,4)5)33-17-23-15-25(34-8)26(35-9)16-24(23)18-33/h10-16,19H,17-18H2,1-9H3. The van der Waals surface area contributed by atoms with E-state index < -0.39 is 5.60 Å². The van der Waals surface area contributed by atoms with Crippen LogP contribution in [0.4, 0.5) is 0 Å². The first-order valence-corrected chi connectivity index (χ1v) is 12.9. The fourth-order valence-corrected chi connectivity index (χ4v) is 6.45. The third-order valence-corrected chi connectivity index (χ3v) is 8.01. The summed E-state index contributed by atoms with van der Waals surface area (Å²) < 4.78 is 17.8. The molecule has 2 heterocycles. The van der Waals surface area contributed by atoms with E-state index in [1.807, 2.05) is 0 Å². The minimum atomic E-state index is -0.401. The van der Waals surface area contributed by atoms with Gasteiger partial charge in [0.25, 0.3) is 0 Å². The molecule has 0 spiro atoms. The van der Waals surface area contributed by atoms with E-state index in [1.165, 1.54) is 44.7 Å². The van der Waals surface area contributed by atoms with Crippen molar-refractivity contribution in [2.45, 2.75) is 73.1 Å². The van der Waals surface area contributed by atoms with Crippen LogP contribution in [0.3, 0.4) is 0 Å². The van der Waals surface area contributed by atoms with E-state index in [0.29, 0.717) is 5.92 Å². The topological polar surface area (TPSA) is 30.9 Å². The summed E-state index contributed by atoms with van der Waals surface area (Å²) in [6, 6.07) is 13.3. The van der Waals surface area contributed by atoms with Crippen molar-refractivity contribution in [1.82, 2.24) is 4.90 Å². The lowest BCUT2D eigenvalue weighted by atomic mass is 9.70. The predicted octanol–water partition coefficient (Wildman–Crippen LogP) is 7.60. The van der Waals surface area contributed by atoms with Gasteiger partial charge in [0.05, 0.1) is 14.2 Å². The van der Waals surface area contributed by atoms with Gasteiger partial charge >= 0.3 is 0 Å². The van der Waals surface area contributed by atoms with Crippen molar-refractivity contribution in [2.75, 3.05) is 14.2 Å². The molecule has 0 N–H and O–H groups in total. The number of hydrogen-bond acceptors (Lipinski definition) is 4. The average molecular weight is 486 g/mol. The summed E-state index contributed by atoms with van der Waals surface area (Å²) >= 11 is 0. The molecule has 0 bridgehead atoms. The number of fused-ring (bicyclic) bond motifs is 2. The Morgan fingerprint density at radius 2 is 1.42 bits per heavy atom. The summed E-state index contributed by atoms with van der Waals surface area (Å²) in [7, 11) is 3.40. The minimum absolute atomic E-state index is 0.218. The molecule has 4 nitrogen and oxygen atoms in total. The van der Waals surface area contributed by atoms with Gasteiger partial charge in [-0.05, 0) is 72.7 Å². The van der Waals surface area contributed by atoms with E-state index >= 15 is 0 Å². The Balaban J connectivity index is 1.59. The summed E-state index contributed by atoms with van der Waals surface area (Å²) in [5, 5.41) is 0. The van der Waals surface area contributed by atoms with Crippen molar-refractivity contribution in [1.29, 1.82) is 0 Å². The second kappa shape index (κ2) is 8.47. The number of ether oxygens (including phenoxy) is 3. The largest absolute Gasteiger partial charge is 0.493 e. The molecule has 2 aromatic rings. The van der Waals surface area contributed by atoms with E-state index in [9.17, 15) is 0 Å². The van der Waals surface area contributed by atoms with Crippen molar-refractivity contribution in [2.24, 2.45) is 5.41 Å². The van der Waals surface area contributed by atoms with Crippen LogP contribution < -0.4 is 9.47 Å². The third-order valence-electron chi connectivity index (χ3n) is 8.01. The Morgan fingerprint density at radius 1 is 0.861 bits per heavy atom. The maximum atomic E-state index is 6.64. The number of hydrogen-bond donors (Lipinski definition) is 0. The summed E-state index contributed by atoms with van der Waals surface area (Å²) in [6.45, 7) is 17.5. The average Bonchev–Trinajstić information content (AvgIpc) is 3.34. The van der Waals surface area contributed by atoms with Crippen LogP contribution in [0.25, 0.3) is 5.57 Å². The molecule has 1 aliphatic carbocycles. The van der Waals surface area contributed by atoms with Gasteiger partial charge in [-0.15, -0.1) is 0 Å². The summed E-state index contributed by atoms with van der Waals surface area (Å²) in [6.07, 6.45) is 2.25. The van der Waals surface area contributed by atoms with Crippen LogP contribution in [0.1, 0.15) is 76.6 Å². The monoisotopic (exact) mass is 485 g/mol. The molecule has 5 rings (SSSR count). The molecule has 2 aromatic carbocycles. The molecular weight excluding hydrogens is 446 g/mol. The third kappa shape index (κ3) is 3.73. The zero-order chi connectivity index (χ0) is 26.0. The Bertz CT molecular complexity index is 1270. The second-order valence-electron chi connectivity index (χ2n) is 11.6. The highest BCUT2D eigenvalue weighted by Gasteiger charge is 2.49. The summed E-state index contributed by atoms with van der Waals surface area (Å²) in [4.78, 5) is 2.52. The zero-order valence-corrected chi connectivity index (χ0v) is 23.2. The van der Waals surface area contributed by atoms with Crippen molar-refractivity contribution >= 4 is 5.57 Å². The fourth-order valence-electron chi connectivity index (χ4n) is 6.45. The Morgan fingerprint density at radius 3 is 1.92 bits per heavy atom. The van der Waals surface area contributed by atoms with Gasteiger partial charge in [0.1, 0.15) is 11.4 Å².